The van der Waals surface area contributed by atoms with E-state index >= 15 is 0 Å². The third-order valence-electron chi connectivity index (χ3n) is 10.1. The van der Waals surface area contributed by atoms with Crippen molar-refractivity contribution in [2.45, 2.75) is 136 Å². The number of fused-ring (bicyclic) bond motifs is 1. The molecule has 23 nitrogen and oxygen atoms in total. The number of aliphatic hydroxyl groups excluding tert-OH is 10. The highest BCUT2D eigenvalue weighted by Gasteiger charge is 2.73. The van der Waals surface area contributed by atoms with Crippen molar-refractivity contribution < 1.29 is 89.4 Å². The van der Waals surface area contributed by atoms with Gasteiger partial charge in [0.1, 0.15) is 61.0 Å². The van der Waals surface area contributed by atoms with Crippen molar-refractivity contribution >= 4 is 0 Å². The van der Waals surface area contributed by atoms with Crippen molar-refractivity contribution in [2.75, 3.05) is 13.2 Å². The molecule has 21 atom stereocenters. The summed E-state index contributed by atoms with van der Waals surface area (Å²) in [5.41, 5.74) is 9.23. The summed E-state index contributed by atoms with van der Waals surface area (Å²) in [5, 5.41) is 119. The highest BCUT2D eigenvalue weighted by Crippen LogP contribution is 2.55. The van der Waals surface area contributed by atoms with Gasteiger partial charge in [-0.1, -0.05) is 12.0 Å². The van der Waals surface area contributed by atoms with Crippen LogP contribution in [0, 0.1) is 22.0 Å². The maximum absolute atomic E-state index is 11.2. The third kappa shape index (κ3) is 6.69. The first-order valence-electron chi connectivity index (χ1n) is 15.6. The first-order valence-corrected chi connectivity index (χ1v) is 15.6. The maximum Gasteiger partial charge on any atom is 0.297 e. The van der Waals surface area contributed by atoms with Gasteiger partial charge in [0.25, 0.3) is 5.09 Å². The molecule has 0 radical (unpaired) electrons. The second-order valence-corrected chi connectivity index (χ2v) is 12.9. The van der Waals surface area contributed by atoms with Gasteiger partial charge >= 0.3 is 0 Å². The molecule has 10 N–H and O–H groups in total. The normalized spacial score (nSPS) is 53.1. The summed E-state index contributed by atoms with van der Waals surface area (Å²) in [7, 11) is 0. The topological polar surface area (TPSA) is 359 Å². The Bertz CT molecular complexity index is 1220. The zero-order valence-electron chi connectivity index (χ0n) is 26.1. The molecule has 0 aromatic heterocycles. The molecule has 23 heteroatoms. The Morgan fingerprint density at radius 2 is 1.53 bits per heavy atom. The first kappa shape index (κ1) is 38.1. The van der Waals surface area contributed by atoms with Gasteiger partial charge in [-0.3, -0.25) is 4.84 Å². The first-order chi connectivity index (χ1) is 23.1. The van der Waals surface area contributed by atoms with Crippen molar-refractivity contribution in [3.8, 4) is 0 Å². The van der Waals surface area contributed by atoms with Gasteiger partial charge in [-0.25, -0.2) is 0 Å². The van der Waals surface area contributed by atoms with Gasteiger partial charge in [-0.15, -0.1) is 10.1 Å². The number of azide groups is 1. The monoisotopic (exact) mass is 714 g/mol. The van der Waals surface area contributed by atoms with E-state index in [1.807, 2.05) is 0 Å². The Morgan fingerprint density at radius 3 is 2.14 bits per heavy atom. The second-order valence-electron chi connectivity index (χ2n) is 12.9. The van der Waals surface area contributed by atoms with Crippen molar-refractivity contribution in [1.82, 2.24) is 0 Å². The smallest absolute Gasteiger partial charge is 0.297 e. The number of hydrogen-bond donors (Lipinski definition) is 10. The lowest BCUT2D eigenvalue weighted by molar-refractivity contribution is -0.785. The van der Waals surface area contributed by atoms with E-state index in [2.05, 4.69) is 14.9 Å². The number of hydrogen-bond acceptors (Lipinski definition) is 20. The van der Waals surface area contributed by atoms with Crippen LogP contribution in [0.5, 0.6) is 0 Å². The highest BCUT2D eigenvalue weighted by molar-refractivity contribution is 5.14. The fourth-order valence-electron chi connectivity index (χ4n) is 7.30. The lowest BCUT2D eigenvalue weighted by Crippen LogP contribution is -2.82. The Hall–Kier alpha value is -2.13. The van der Waals surface area contributed by atoms with Gasteiger partial charge in [0.15, 0.2) is 6.29 Å². The Morgan fingerprint density at radius 1 is 0.878 bits per heavy atom. The summed E-state index contributed by atoms with van der Waals surface area (Å²) in [6.07, 6.45) is -28.2. The minimum Gasteiger partial charge on any atom is -0.394 e. The number of rotatable bonds is 10. The molecular weight excluding hydrogens is 672 g/mol. The Labute approximate surface area is 276 Å². The van der Waals surface area contributed by atoms with Crippen LogP contribution in [0.25, 0.3) is 10.4 Å². The molecule has 4 saturated heterocycles. The van der Waals surface area contributed by atoms with E-state index < -0.39 is 146 Å². The van der Waals surface area contributed by atoms with Gasteiger partial charge in [0.2, 0.25) is 12.1 Å². The van der Waals surface area contributed by atoms with Gasteiger partial charge in [-0.2, -0.15) is 0 Å². The van der Waals surface area contributed by atoms with Crippen molar-refractivity contribution in [3.63, 3.8) is 0 Å². The van der Waals surface area contributed by atoms with Crippen LogP contribution in [0.15, 0.2) is 5.11 Å². The summed E-state index contributed by atoms with van der Waals surface area (Å²) >= 11 is 0. The molecular formula is C26H42N4O19. The third-order valence-corrected chi connectivity index (χ3v) is 10.1. The molecule has 5 aliphatic rings. The average Bonchev–Trinajstić information content (AvgIpc) is 3.05. The Balaban J connectivity index is 1.56. The molecule has 280 valence electrons. The van der Waals surface area contributed by atoms with Crippen LogP contribution in [0.4, 0.5) is 0 Å². The lowest BCUT2D eigenvalue weighted by Gasteiger charge is -2.65. The molecule has 5 rings (SSSR count). The minimum absolute atomic E-state index is 0.265. The fraction of sp³-hybridized carbons (Fsp3) is 1.00. The van der Waals surface area contributed by atoms with Crippen molar-refractivity contribution in [2.24, 2.45) is 17.0 Å². The molecule has 0 spiro atoms. The fourth-order valence-corrected chi connectivity index (χ4v) is 7.30. The van der Waals surface area contributed by atoms with Crippen molar-refractivity contribution in [1.29, 1.82) is 0 Å². The van der Waals surface area contributed by atoms with E-state index in [0.29, 0.717) is 0 Å². The van der Waals surface area contributed by atoms with E-state index in [1.165, 1.54) is 13.8 Å². The molecule has 0 amide bonds. The van der Waals surface area contributed by atoms with Crippen LogP contribution >= 0.6 is 0 Å². The zero-order valence-corrected chi connectivity index (χ0v) is 26.1. The predicted octanol–water partition coefficient (Wildman–Crippen LogP) is -5.50. The van der Waals surface area contributed by atoms with Gasteiger partial charge < -0.3 is 79.5 Å². The van der Waals surface area contributed by atoms with E-state index in [4.69, 9.17) is 28.4 Å². The molecule has 5 fully saturated rings. The van der Waals surface area contributed by atoms with E-state index in [9.17, 15) is 66.7 Å². The van der Waals surface area contributed by atoms with E-state index in [1.54, 1.807) is 0 Å². The minimum atomic E-state index is -2.46. The lowest BCUT2D eigenvalue weighted by atomic mass is 9.71. The van der Waals surface area contributed by atoms with Gasteiger partial charge in [0, 0.05) is 17.3 Å². The summed E-state index contributed by atoms with van der Waals surface area (Å²) < 4.78 is 35.7. The molecule has 8 unspecified atom stereocenters. The van der Waals surface area contributed by atoms with Crippen LogP contribution in [-0.2, 0) is 33.3 Å². The summed E-state index contributed by atoms with van der Waals surface area (Å²) in [5.74, 6) is -4.74. The molecule has 0 aromatic carbocycles. The number of aliphatic hydroxyl groups is 10. The highest BCUT2D eigenvalue weighted by atomic mass is 17.0. The quantitative estimate of drug-likeness (QED) is 0.0331. The molecule has 4 heterocycles. The summed E-state index contributed by atoms with van der Waals surface area (Å²) in [6, 6.07) is -1.62. The zero-order chi connectivity index (χ0) is 36.1. The largest absolute Gasteiger partial charge is 0.394 e. The van der Waals surface area contributed by atoms with Crippen LogP contribution in [-0.4, -0.2) is 185 Å². The predicted molar refractivity (Wildman–Crippen MR) is 150 cm³/mol. The molecule has 0 bridgehead atoms. The number of nitrogens with zero attached hydrogens (tertiary/aromatic N) is 4. The average molecular weight is 715 g/mol. The maximum atomic E-state index is 11.2. The molecule has 4 aliphatic heterocycles. The molecule has 0 aromatic rings. The molecule has 1 aliphatic carbocycles. The van der Waals surface area contributed by atoms with Crippen LogP contribution in [0.1, 0.15) is 20.3 Å². The number of ether oxygens (including phenoxy) is 6. The van der Waals surface area contributed by atoms with E-state index in [-0.39, 0.29) is 6.42 Å². The SMILES string of the molecule is CC1O[C@@H](C2(O[C@@H]3OC(CO)[C@H](O)[C@H](O)[C@H]3O[C@@H]3CC(O)[C@H](O)[C@H](O)C3C)O[C@@H]3C(N=[N+]=[N-])[C@H](O[N+](=O)[O-])OC(CO)[C@H]32)[C@H](O)C(O)[C@@H]1O. The molecule has 49 heavy (non-hydrogen) atoms. The Kier molecular flexibility index (Phi) is 11.5. The van der Waals surface area contributed by atoms with E-state index in [0.717, 1.165) is 0 Å². The van der Waals surface area contributed by atoms with Crippen LogP contribution in [0.2, 0.25) is 0 Å². The van der Waals surface area contributed by atoms with Crippen molar-refractivity contribution in [3.05, 3.63) is 20.6 Å². The van der Waals surface area contributed by atoms with Gasteiger partial charge in [0.05, 0.1) is 55.8 Å². The molecule has 1 saturated carbocycles. The summed E-state index contributed by atoms with van der Waals surface area (Å²) in [6.45, 7) is 1.03. The van der Waals surface area contributed by atoms with Crippen LogP contribution in [0.3, 0.4) is 0 Å². The summed E-state index contributed by atoms with van der Waals surface area (Å²) in [4.78, 5) is 18.4. The standard InChI is InChI=1S/C26H42N4O19/c1-6-9(3-8(33)16(36)14(6)34)44-22-19(39)17(37)11(5-32)46-25(22)48-26(23-20(40)18(38)15(35)7(2)43-23)12-10(4-31)45-24(49-30(41)42)13(28-29-27)21(12)47-26/h6-25,31-40H,3-5H2,1-2H3/t6?,7?,8?,9-,10?,11?,12-,13?,14-,15-,16+,17+,18?,19+,20-,21+,22-,23-,24+,25+,26?/m1/s1. The van der Waals surface area contributed by atoms with Crippen LogP contribution < -0.4 is 0 Å². The second kappa shape index (κ2) is 14.8. The van der Waals surface area contributed by atoms with Gasteiger partial charge in [-0.05, 0) is 12.5 Å².